The molecule has 0 bridgehead atoms. The maximum absolute atomic E-state index is 14.3. The molecule has 1 saturated heterocycles. The molecule has 1 aromatic carbocycles. The van der Waals surface area contributed by atoms with Crippen molar-refractivity contribution >= 4 is 28.9 Å². The monoisotopic (exact) mass is 507 g/mol. The van der Waals surface area contributed by atoms with E-state index in [0.717, 1.165) is 36.2 Å². The smallest absolute Gasteiger partial charge is 0.233 e. The summed E-state index contributed by atoms with van der Waals surface area (Å²) in [7, 11) is 0. The average Bonchev–Trinajstić information content (AvgIpc) is 3.63. The van der Waals surface area contributed by atoms with Crippen LogP contribution in [0.15, 0.2) is 42.1 Å². The molecule has 0 radical (unpaired) electrons. The lowest BCUT2D eigenvalue weighted by Gasteiger charge is -2.23. The molecule has 1 aliphatic heterocycles. The fourth-order valence-electron chi connectivity index (χ4n) is 4.91. The van der Waals surface area contributed by atoms with Gasteiger partial charge in [0.1, 0.15) is 11.6 Å². The van der Waals surface area contributed by atoms with Gasteiger partial charge in [-0.1, -0.05) is 26.3 Å². The predicted molar refractivity (Wildman–Crippen MR) is 146 cm³/mol. The van der Waals surface area contributed by atoms with Gasteiger partial charge in [0.2, 0.25) is 5.91 Å². The van der Waals surface area contributed by atoms with Gasteiger partial charge in [-0.15, -0.1) is 0 Å². The molecular weight excluding hydrogens is 469 g/mol. The molecule has 1 saturated carbocycles. The van der Waals surface area contributed by atoms with Gasteiger partial charge < -0.3 is 10.2 Å². The number of aromatic nitrogens is 1. The number of rotatable bonds is 10. The summed E-state index contributed by atoms with van der Waals surface area (Å²) in [6.07, 6.45) is 4.95. The number of hydrazine groups is 1. The minimum Gasteiger partial charge on any atom is -0.363 e. The van der Waals surface area contributed by atoms with Gasteiger partial charge in [0, 0.05) is 36.6 Å². The second-order valence-electron chi connectivity index (χ2n) is 11.1. The van der Waals surface area contributed by atoms with E-state index in [1.807, 2.05) is 30.9 Å². The molecule has 7 nitrogen and oxygen atoms in total. The number of hydrogen-bond acceptors (Lipinski definition) is 6. The Labute approximate surface area is 218 Å². The van der Waals surface area contributed by atoms with E-state index >= 15 is 0 Å². The number of ketones is 1. The first-order chi connectivity index (χ1) is 17.5. The van der Waals surface area contributed by atoms with Crippen molar-refractivity contribution in [2.75, 3.05) is 28.3 Å². The fraction of sp³-hybridized carbons (Fsp3) is 0.483. The van der Waals surface area contributed by atoms with Crippen molar-refractivity contribution < 1.29 is 14.0 Å². The summed E-state index contributed by atoms with van der Waals surface area (Å²) < 4.78 is 14.3. The van der Waals surface area contributed by atoms with Crippen molar-refractivity contribution in [1.82, 2.24) is 4.98 Å². The zero-order valence-electron chi connectivity index (χ0n) is 22.5. The lowest BCUT2D eigenvalue weighted by Crippen LogP contribution is -2.34. The number of halogens is 1. The van der Waals surface area contributed by atoms with Gasteiger partial charge in [0.25, 0.3) is 0 Å². The lowest BCUT2D eigenvalue weighted by atomic mass is 9.83. The van der Waals surface area contributed by atoms with Crippen molar-refractivity contribution in [3.8, 4) is 0 Å². The Hall–Kier alpha value is -3.26. The molecule has 2 fully saturated rings. The zero-order chi connectivity index (χ0) is 26.9. The maximum atomic E-state index is 14.3. The van der Waals surface area contributed by atoms with Crippen molar-refractivity contribution in [2.24, 2.45) is 23.1 Å². The number of carbonyl (C=O) groups is 2. The minimum atomic E-state index is -0.447. The number of hydrogen-bond donors (Lipinski definition) is 2. The molecule has 1 atom stereocenters. The van der Waals surface area contributed by atoms with Crippen LogP contribution in [-0.4, -0.2) is 29.8 Å². The average molecular weight is 508 g/mol. The predicted octanol–water partition coefficient (Wildman–Crippen LogP) is 5.15. The van der Waals surface area contributed by atoms with E-state index in [1.165, 1.54) is 17.1 Å². The third-order valence-corrected chi connectivity index (χ3v) is 7.68. The summed E-state index contributed by atoms with van der Waals surface area (Å²) >= 11 is 0. The molecule has 4 rings (SSSR count). The van der Waals surface area contributed by atoms with Crippen LogP contribution in [0.2, 0.25) is 0 Å². The number of pyridine rings is 1. The van der Waals surface area contributed by atoms with Gasteiger partial charge in [-0.3, -0.25) is 14.6 Å². The number of allylic oxidation sites excluding steroid dienone is 1. The Morgan fingerprint density at radius 1 is 1.30 bits per heavy atom. The van der Waals surface area contributed by atoms with E-state index in [9.17, 15) is 14.0 Å². The summed E-state index contributed by atoms with van der Waals surface area (Å²) in [5, 5.41) is 4.48. The Morgan fingerprint density at radius 2 is 2.03 bits per heavy atom. The Balaban J connectivity index is 1.40. The molecule has 2 heterocycles. The van der Waals surface area contributed by atoms with E-state index < -0.39 is 5.82 Å². The van der Waals surface area contributed by atoms with Gasteiger partial charge in [-0.05, 0) is 74.8 Å². The lowest BCUT2D eigenvalue weighted by molar-refractivity contribution is -0.125. The van der Waals surface area contributed by atoms with Crippen LogP contribution in [-0.2, 0) is 16.0 Å². The highest BCUT2D eigenvalue weighted by Crippen LogP contribution is 2.52. The molecule has 2 aromatic rings. The van der Waals surface area contributed by atoms with Crippen molar-refractivity contribution in [1.29, 1.82) is 0 Å². The second kappa shape index (κ2) is 10.6. The largest absolute Gasteiger partial charge is 0.363 e. The Bertz CT molecular complexity index is 1220. The van der Waals surface area contributed by atoms with Crippen LogP contribution >= 0.6 is 0 Å². The molecule has 1 amide bonds. The van der Waals surface area contributed by atoms with Gasteiger partial charge in [0.15, 0.2) is 5.78 Å². The van der Waals surface area contributed by atoms with Crippen LogP contribution in [0.5, 0.6) is 0 Å². The van der Waals surface area contributed by atoms with E-state index in [1.54, 1.807) is 12.3 Å². The first-order valence-corrected chi connectivity index (χ1v) is 13.0. The fourth-order valence-corrected chi connectivity index (χ4v) is 4.91. The first kappa shape index (κ1) is 26.8. The summed E-state index contributed by atoms with van der Waals surface area (Å²) in [5.41, 5.74) is 3.39. The van der Waals surface area contributed by atoms with Crippen LogP contribution in [0.3, 0.4) is 0 Å². The first-order valence-electron chi connectivity index (χ1n) is 13.0. The summed E-state index contributed by atoms with van der Waals surface area (Å²) in [5.74, 6) is 7.09. The molecule has 0 unspecified atom stereocenters. The Kier molecular flexibility index (Phi) is 7.69. The van der Waals surface area contributed by atoms with E-state index in [0.29, 0.717) is 35.4 Å². The van der Waals surface area contributed by atoms with Crippen LogP contribution in [0.1, 0.15) is 58.2 Å². The van der Waals surface area contributed by atoms with Crippen LogP contribution in [0.4, 0.5) is 21.6 Å². The molecule has 8 heteroatoms. The topological polar surface area (TPSA) is 91.6 Å². The minimum absolute atomic E-state index is 0.0359. The number of carbonyl (C=O) groups excluding carboxylic acids is 2. The van der Waals surface area contributed by atoms with Crippen molar-refractivity contribution in [3.05, 3.63) is 59.2 Å². The van der Waals surface area contributed by atoms with Gasteiger partial charge >= 0.3 is 0 Å². The number of anilines is 3. The van der Waals surface area contributed by atoms with Crippen LogP contribution in [0.25, 0.3) is 0 Å². The number of amides is 1. The molecule has 0 spiro atoms. The molecule has 1 aromatic heterocycles. The third kappa shape index (κ3) is 6.18. The molecule has 1 aliphatic carbocycles. The highest BCUT2D eigenvalue weighted by atomic mass is 19.1. The number of nitrogens with zero attached hydrogens (tertiary/aromatic N) is 3. The normalized spacial score (nSPS) is 20.1. The second-order valence-corrected chi connectivity index (χ2v) is 11.1. The van der Waals surface area contributed by atoms with Crippen LogP contribution < -0.4 is 21.1 Å². The van der Waals surface area contributed by atoms with Gasteiger partial charge in [0.05, 0.1) is 17.6 Å². The van der Waals surface area contributed by atoms with E-state index in [4.69, 9.17) is 5.84 Å². The Morgan fingerprint density at radius 3 is 2.70 bits per heavy atom. The molecule has 198 valence electrons. The summed E-state index contributed by atoms with van der Waals surface area (Å²) in [6, 6.07) is 8.16. The van der Waals surface area contributed by atoms with E-state index in [2.05, 4.69) is 31.1 Å². The highest BCUT2D eigenvalue weighted by Gasteiger charge is 2.52. The molecular formula is C29H38FN5O2. The molecule has 3 N–H and O–H groups in total. The van der Waals surface area contributed by atoms with Gasteiger partial charge in [-0.2, -0.15) is 0 Å². The highest BCUT2D eigenvalue weighted by molar-refractivity contribution is 6.00. The zero-order valence-corrected chi connectivity index (χ0v) is 22.5. The maximum Gasteiger partial charge on any atom is 0.233 e. The SMILES string of the molecule is C/C(=C/N(N)c1cc(F)cc(CC(=O)CNc2cc(N3CC[C@@](C)(C4CC4)C3=O)cc(C)n2)c1)C(C)C. The van der Waals surface area contributed by atoms with Crippen molar-refractivity contribution in [2.45, 2.75) is 60.3 Å². The molecule has 2 aliphatic rings. The van der Waals surface area contributed by atoms with Crippen molar-refractivity contribution in [3.63, 3.8) is 0 Å². The van der Waals surface area contributed by atoms with Crippen LogP contribution in [0, 0.1) is 30.0 Å². The summed E-state index contributed by atoms with van der Waals surface area (Å²) in [4.78, 5) is 32.3. The number of nitrogens with two attached hydrogens (primary N) is 1. The van der Waals surface area contributed by atoms with Gasteiger partial charge in [-0.25, -0.2) is 15.2 Å². The number of benzene rings is 1. The third-order valence-electron chi connectivity index (χ3n) is 7.68. The number of nitrogens with one attached hydrogen (secondary N) is 1. The van der Waals surface area contributed by atoms with E-state index in [-0.39, 0.29) is 30.1 Å². The standard InChI is InChI=1S/C29H38FN5O2/c1-18(2)19(3)17-35(31)25-12-21(11-23(30)14-25)13-26(36)16-32-27-15-24(10-20(4)33-27)34-9-8-29(5,28(34)37)22-6-7-22/h10-12,14-15,17-18,22H,6-9,13,16,31H2,1-5H3,(H,32,33)/b19-17-/t29-/m0/s1. The number of aryl methyl sites for hydroxylation is 1. The molecule has 37 heavy (non-hydrogen) atoms. The quantitative estimate of drug-likeness (QED) is 0.342. The number of Topliss-reactive ketones (excluding diaryl/α,β-unsaturated/α-hetero) is 1. The summed E-state index contributed by atoms with van der Waals surface area (Å²) in [6.45, 7) is 10.8.